The average molecular weight is 454 g/mol. The van der Waals surface area contributed by atoms with Gasteiger partial charge in [-0.3, -0.25) is 9.71 Å². The van der Waals surface area contributed by atoms with Gasteiger partial charge in [-0.15, -0.1) is 0 Å². The second kappa shape index (κ2) is 8.61. The number of methoxy groups -OCH3 is 1. The first-order valence-electron chi connectivity index (χ1n) is 10.00. The number of aromatic nitrogens is 2. The van der Waals surface area contributed by atoms with Crippen LogP contribution < -0.4 is 14.4 Å². The summed E-state index contributed by atoms with van der Waals surface area (Å²) >= 11 is 0. The molecule has 3 aromatic rings. The highest BCUT2D eigenvalue weighted by atomic mass is 32.2. The van der Waals surface area contributed by atoms with Gasteiger partial charge >= 0.3 is 0 Å². The zero-order chi connectivity index (χ0) is 22.9. The van der Waals surface area contributed by atoms with E-state index in [1.807, 2.05) is 18.2 Å². The van der Waals surface area contributed by atoms with Crippen molar-refractivity contribution in [2.45, 2.75) is 13.0 Å². The topological polar surface area (TPSA) is 117 Å². The Bertz CT molecular complexity index is 1320. The highest BCUT2D eigenvalue weighted by Gasteiger charge is 2.24. The van der Waals surface area contributed by atoms with Crippen molar-refractivity contribution in [1.82, 2.24) is 9.97 Å². The summed E-state index contributed by atoms with van der Waals surface area (Å²) in [4.78, 5) is 10.9. The lowest BCUT2D eigenvalue weighted by Crippen LogP contribution is -2.44. The van der Waals surface area contributed by atoms with Gasteiger partial charge in [-0.2, -0.15) is 5.26 Å². The molecule has 1 aliphatic heterocycles. The Balaban J connectivity index is 1.88. The van der Waals surface area contributed by atoms with Gasteiger partial charge in [0.15, 0.2) is 0 Å². The number of ether oxygens (including phenoxy) is 2. The van der Waals surface area contributed by atoms with E-state index in [0.29, 0.717) is 30.9 Å². The van der Waals surface area contributed by atoms with Crippen LogP contribution in [0, 0.1) is 11.3 Å². The predicted octanol–water partition coefficient (Wildman–Crippen LogP) is 2.77. The standard InChI is InChI=1S/C22H23N5O4S/c1-14-13-31-7-6-27(14)21-17(10-23)12-24-19-5-4-15(8-18(19)21)16-9-20(26-32(3,28)29)22(30-2)25-11-16/h4-5,8-9,11-12,14,26H,6-7,13H2,1-3H3. The molecule has 0 radical (unpaired) electrons. The number of pyridine rings is 2. The monoisotopic (exact) mass is 453 g/mol. The van der Waals surface area contributed by atoms with Crippen LogP contribution >= 0.6 is 0 Å². The molecule has 166 valence electrons. The zero-order valence-corrected chi connectivity index (χ0v) is 18.8. The van der Waals surface area contributed by atoms with Gasteiger partial charge in [-0.1, -0.05) is 6.07 Å². The summed E-state index contributed by atoms with van der Waals surface area (Å²) in [5.41, 5.74) is 3.84. The first kappa shape index (κ1) is 21.8. The summed E-state index contributed by atoms with van der Waals surface area (Å²) < 4.78 is 36.7. The molecule has 1 unspecified atom stereocenters. The van der Waals surface area contributed by atoms with Crippen LogP contribution in [0.5, 0.6) is 5.88 Å². The number of hydrogen-bond donors (Lipinski definition) is 1. The minimum absolute atomic E-state index is 0.110. The molecule has 10 heteroatoms. The second-order valence-corrected chi connectivity index (χ2v) is 9.39. The molecule has 0 bridgehead atoms. The minimum atomic E-state index is -3.51. The van der Waals surface area contributed by atoms with Crippen molar-refractivity contribution in [3.05, 3.63) is 42.2 Å². The summed E-state index contributed by atoms with van der Waals surface area (Å²) in [7, 11) is -2.09. The molecular weight excluding hydrogens is 430 g/mol. The zero-order valence-electron chi connectivity index (χ0n) is 18.0. The summed E-state index contributed by atoms with van der Waals surface area (Å²) in [5, 5.41) is 10.6. The van der Waals surface area contributed by atoms with E-state index in [1.165, 1.54) is 7.11 Å². The summed E-state index contributed by atoms with van der Waals surface area (Å²) in [5.74, 6) is 0.177. The van der Waals surface area contributed by atoms with Crippen LogP contribution in [-0.2, 0) is 14.8 Å². The van der Waals surface area contributed by atoms with Crippen LogP contribution in [-0.4, -0.2) is 57.6 Å². The number of morpholine rings is 1. The molecule has 0 amide bonds. The number of benzene rings is 1. The molecule has 0 aliphatic carbocycles. The van der Waals surface area contributed by atoms with Gasteiger partial charge in [0.2, 0.25) is 15.9 Å². The van der Waals surface area contributed by atoms with E-state index in [9.17, 15) is 13.7 Å². The fourth-order valence-corrected chi connectivity index (χ4v) is 4.40. The Morgan fingerprint density at radius 2 is 2.06 bits per heavy atom. The average Bonchev–Trinajstić information content (AvgIpc) is 2.77. The maximum atomic E-state index is 11.8. The fourth-order valence-electron chi connectivity index (χ4n) is 3.85. The largest absolute Gasteiger partial charge is 0.480 e. The SMILES string of the molecule is COc1ncc(-c2ccc3ncc(C#N)c(N4CCOCC4C)c3c2)cc1NS(C)(=O)=O. The Hall–Kier alpha value is -3.42. The molecule has 1 aromatic carbocycles. The lowest BCUT2D eigenvalue weighted by Gasteiger charge is -2.36. The fraction of sp³-hybridized carbons (Fsp3) is 0.318. The molecule has 1 atom stereocenters. The van der Waals surface area contributed by atoms with E-state index in [4.69, 9.17) is 9.47 Å². The molecule has 3 heterocycles. The van der Waals surface area contributed by atoms with Crippen molar-refractivity contribution in [3.63, 3.8) is 0 Å². The number of nitrogens with one attached hydrogen (secondary N) is 1. The lowest BCUT2D eigenvalue weighted by atomic mass is 10.0. The molecule has 0 saturated carbocycles. The van der Waals surface area contributed by atoms with E-state index in [-0.39, 0.29) is 17.6 Å². The predicted molar refractivity (Wildman–Crippen MR) is 122 cm³/mol. The summed E-state index contributed by atoms with van der Waals surface area (Å²) in [6.45, 7) is 3.90. The molecule has 32 heavy (non-hydrogen) atoms. The van der Waals surface area contributed by atoms with Crippen LogP contribution in [0.1, 0.15) is 12.5 Å². The lowest BCUT2D eigenvalue weighted by molar-refractivity contribution is 0.0990. The third kappa shape index (κ3) is 4.30. The third-order valence-electron chi connectivity index (χ3n) is 5.29. The van der Waals surface area contributed by atoms with Gasteiger partial charge in [-0.05, 0) is 30.7 Å². The van der Waals surface area contributed by atoms with Gasteiger partial charge in [0.05, 0.1) is 43.3 Å². The van der Waals surface area contributed by atoms with Gasteiger partial charge in [0, 0.05) is 35.9 Å². The van der Waals surface area contributed by atoms with E-state index < -0.39 is 10.0 Å². The number of anilines is 2. The maximum Gasteiger partial charge on any atom is 0.238 e. The maximum absolute atomic E-state index is 11.8. The number of hydrogen-bond acceptors (Lipinski definition) is 8. The molecule has 9 nitrogen and oxygen atoms in total. The van der Waals surface area contributed by atoms with Gasteiger partial charge in [0.25, 0.3) is 0 Å². The van der Waals surface area contributed by atoms with E-state index >= 15 is 0 Å². The highest BCUT2D eigenvalue weighted by molar-refractivity contribution is 7.92. The molecular formula is C22H23N5O4S. The van der Waals surface area contributed by atoms with Crippen molar-refractivity contribution >= 4 is 32.3 Å². The van der Waals surface area contributed by atoms with E-state index in [0.717, 1.165) is 28.4 Å². The van der Waals surface area contributed by atoms with Crippen molar-refractivity contribution in [3.8, 4) is 23.1 Å². The number of rotatable bonds is 5. The Kier molecular flexibility index (Phi) is 5.86. The van der Waals surface area contributed by atoms with Gasteiger partial charge in [0.1, 0.15) is 11.8 Å². The molecule has 1 saturated heterocycles. The normalized spacial score (nSPS) is 16.6. The number of fused-ring (bicyclic) bond motifs is 1. The number of sulfonamides is 1. The first-order valence-corrected chi connectivity index (χ1v) is 11.9. The van der Waals surface area contributed by atoms with E-state index in [2.05, 4.69) is 32.6 Å². The van der Waals surface area contributed by atoms with Crippen molar-refractivity contribution < 1.29 is 17.9 Å². The summed E-state index contributed by atoms with van der Waals surface area (Å²) in [6.07, 6.45) is 4.29. The minimum Gasteiger partial charge on any atom is -0.480 e. The Labute approximate surface area is 186 Å². The van der Waals surface area contributed by atoms with Crippen LogP contribution in [0.3, 0.4) is 0 Å². The van der Waals surface area contributed by atoms with Crippen molar-refractivity contribution in [2.75, 3.05) is 42.7 Å². The van der Waals surface area contributed by atoms with Gasteiger partial charge in [-0.25, -0.2) is 13.4 Å². The van der Waals surface area contributed by atoms with Crippen molar-refractivity contribution in [1.29, 1.82) is 5.26 Å². The van der Waals surface area contributed by atoms with Crippen LogP contribution in [0.25, 0.3) is 22.0 Å². The van der Waals surface area contributed by atoms with Crippen LogP contribution in [0.4, 0.5) is 11.4 Å². The van der Waals surface area contributed by atoms with Crippen molar-refractivity contribution in [2.24, 2.45) is 0 Å². The van der Waals surface area contributed by atoms with E-state index in [1.54, 1.807) is 18.5 Å². The van der Waals surface area contributed by atoms with Gasteiger partial charge < -0.3 is 14.4 Å². The molecule has 0 spiro atoms. The molecule has 4 rings (SSSR count). The summed E-state index contributed by atoms with van der Waals surface area (Å²) in [6, 6.07) is 9.77. The van der Waals surface area contributed by atoms with Crippen LogP contribution in [0.2, 0.25) is 0 Å². The number of nitrogens with zero attached hydrogens (tertiary/aromatic N) is 4. The highest BCUT2D eigenvalue weighted by Crippen LogP contribution is 2.36. The Morgan fingerprint density at radius 1 is 1.25 bits per heavy atom. The van der Waals surface area contributed by atoms with Crippen LogP contribution in [0.15, 0.2) is 36.7 Å². The molecule has 2 aromatic heterocycles. The quantitative estimate of drug-likeness (QED) is 0.627. The Morgan fingerprint density at radius 3 is 2.75 bits per heavy atom. The smallest absolute Gasteiger partial charge is 0.238 e. The second-order valence-electron chi connectivity index (χ2n) is 7.64. The third-order valence-corrected chi connectivity index (χ3v) is 5.88. The molecule has 1 N–H and O–H groups in total. The first-order chi connectivity index (χ1) is 15.3. The number of nitriles is 1. The molecule has 1 aliphatic rings. The molecule has 1 fully saturated rings.